The normalized spacial score (nSPS) is 12.6. The molecule has 0 fully saturated rings. The Hall–Kier alpha value is -3.74. The number of aromatic nitrogens is 6. The van der Waals surface area contributed by atoms with Gasteiger partial charge in [-0.25, -0.2) is 37.0 Å². The van der Waals surface area contributed by atoms with Crippen molar-refractivity contribution in [3.63, 3.8) is 0 Å². The average molecular weight is 420 g/mol. The molecule has 10 nitrogen and oxygen atoms in total. The van der Waals surface area contributed by atoms with Crippen molar-refractivity contribution in [1.82, 2.24) is 29.2 Å². The maximum absolute atomic E-state index is 14.0. The fourth-order valence-electron chi connectivity index (χ4n) is 2.91. The summed E-state index contributed by atoms with van der Waals surface area (Å²) < 4.78 is 47.7. The Kier molecular flexibility index (Phi) is 4.95. The largest absolute Gasteiger partial charge is 0.375 e. The molecule has 30 heavy (non-hydrogen) atoms. The number of hydrogen-bond donors (Lipinski definition) is 2. The van der Waals surface area contributed by atoms with Gasteiger partial charge in [-0.3, -0.25) is 0 Å². The Morgan fingerprint density at radius 1 is 1.23 bits per heavy atom. The molecule has 2 amide bonds. The topological polar surface area (TPSA) is 111 Å². The van der Waals surface area contributed by atoms with Gasteiger partial charge in [0.25, 0.3) is 6.43 Å². The lowest BCUT2D eigenvalue weighted by Gasteiger charge is -2.17. The van der Waals surface area contributed by atoms with Crippen LogP contribution in [0.3, 0.4) is 0 Å². The number of fused-ring (bicyclic) bond motifs is 2. The molecular formula is C17H15F3N8O2. The molecule has 0 spiro atoms. The first-order chi connectivity index (χ1) is 14.4. The molecular weight excluding hydrogens is 405 g/mol. The lowest BCUT2D eigenvalue weighted by Crippen LogP contribution is -2.22. The van der Waals surface area contributed by atoms with E-state index in [-0.39, 0.29) is 22.7 Å². The van der Waals surface area contributed by atoms with Crippen LogP contribution in [0.2, 0.25) is 0 Å². The predicted octanol–water partition coefficient (Wildman–Crippen LogP) is 3.20. The van der Waals surface area contributed by atoms with Crippen LogP contribution in [0.4, 0.5) is 29.3 Å². The van der Waals surface area contributed by atoms with Gasteiger partial charge in [0.05, 0.1) is 35.6 Å². The van der Waals surface area contributed by atoms with Gasteiger partial charge in [-0.15, -0.1) is 0 Å². The van der Waals surface area contributed by atoms with E-state index in [9.17, 15) is 18.0 Å². The molecule has 0 bridgehead atoms. The molecule has 4 aromatic heterocycles. The fourth-order valence-corrected chi connectivity index (χ4v) is 2.91. The van der Waals surface area contributed by atoms with E-state index >= 15 is 0 Å². The van der Waals surface area contributed by atoms with Crippen LogP contribution in [0.15, 0.2) is 30.9 Å². The number of pyridine rings is 1. The predicted molar refractivity (Wildman–Crippen MR) is 99.0 cm³/mol. The highest BCUT2D eigenvalue weighted by Gasteiger charge is 2.21. The number of amides is 2. The first-order valence-corrected chi connectivity index (χ1v) is 8.63. The van der Waals surface area contributed by atoms with Gasteiger partial charge in [-0.2, -0.15) is 10.2 Å². The first kappa shape index (κ1) is 19.6. The van der Waals surface area contributed by atoms with E-state index in [0.29, 0.717) is 5.69 Å². The number of anilines is 2. The van der Waals surface area contributed by atoms with Crippen molar-refractivity contribution < 1.29 is 22.7 Å². The first-order valence-electron chi connectivity index (χ1n) is 8.63. The van der Waals surface area contributed by atoms with E-state index in [1.54, 1.807) is 6.92 Å². The van der Waals surface area contributed by atoms with Gasteiger partial charge in [-0.1, -0.05) is 0 Å². The maximum atomic E-state index is 14.0. The lowest BCUT2D eigenvalue weighted by atomic mass is 10.2. The summed E-state index contributed by atoms with van der Waals surface area (Å²) in [6.45, 7) is 1.66. The number of hydrogen-bond acceptors (Lipinski definition) is 6. The molecule has 4 heterocycles. The van der Waals surface area contributed by atoms with E-state index in [2.05, 4.69) is 30.8 Å². The Bertz CT molecular complexity index is 1240. The van der Waals surface area contributed by atoms with E-state index in [0.717, 1.165) is 12.1 Å². The third-order valence-corrected chi connectivity index (χ3v) is 4.34. The number of urea groups is 1. The van der Waals surface area contributed by atoms with Gasteiger partial charge in [0.1, 0.15) is 12.0 Å². The van der Waals surface area contributed by atoms with Crippen LogP contribution in [0.1, 0.15) is 30.8 Å². The summed E-state index contributed by atoms with van der Waals surface area (Å²) in [5, 5.41) is 12.7. The summed E-state index contributed by atoms with van der Waals surface area (Å²) in [6, 6.07) is 1.52. The highest BCUT2D eigenvalue weighted by Crippen LogP contribution is 2.27. The van der Waals surface area contributed by atoms with E-state index in [4.69, 9.17) is 4.74 Å². The van der Waals surface area contributed by atoms with Crippen LogP contribution in [0.5, 0.6) is 0 Å². The van der Waals surface area contributed by atoms with Crippen molar-refractivity contribution in [1.29, 1.82) is 0 Å². The zero-order valence-electron chi connectivity index (χ0n) is 15.7. The minimum Gasteiger partial charge on any atom is -0.375 e. The molecule has 4 rings (SSSR count). The van der Waals surface area contributed by atoms with E-state index in [1.807, 2.05) is 0 Å². The number of ether oxygens (including phenoxy) is 1. The van der Waals surface area contributed by atoms with Crippen LogP contribution >= 0.6 is 0 Å². The fraction of sp³-hybridized carbons (Fsp3) is 0.235. The summed E-state index contributed by atoms with van der Waals surface area (Å²) in [5.74, 6) is -0.668. The summed E-state index contributed by atoms with van der Waals surface area (Å²) in [5.41, 5.74) is 0.347. The summed E-state index contributed by atoms with van der Waals surface area (Å²) in [6.07, 6.45) is 0.476. The molecule has 156 valence electrons. The summed E-state index contributed by atoms with van der Waals surface area (Å²) >= 11 is 0. The van der Waals surface area contributed by atoms with E-state index < -0.39 is 30.1 Å². The molecule has 0 saturated heterocycles. The minimum absolute atomic E-state index is 0.0142. The molecule has 0 aliphatic rings. The van der Waals surface area contributed by atoms with Gasteiger partial charge >= 0.3 is 6.03 Å². The monoisotopic (exact) mass is 420 g/mol. The van der Waals surface area contributed by atoms with Crippen LogP contribution in [-0.4, -0.2) is 42.3 Å². The molecule has 0 aliphatic carbocycles. The Labute approximate surface area is 166 Å². The number of nitrogens with zero attached hydrogens (tertiary/aromatic N) is 6. The smallest absolute Gasteiger partial charge is 0.323 e. The minimum atomic E-state index is -2.78. The molecule has 2 N–H and O–H groups in total. The van der Waals surface area contributed by atoms with Crippen LogP contribution in [0.25, 0.3) is 11.3 Å². The van der Waals surface area contributed by atoms with Crippen LogP contribution in [-0.2, 0) is 4.74 Å². The van der Waals surface area contributed by atoms with E-state index in [1.165, 1.54) is 34.9 Å². The second kappa shape index (κ2) is 7.59. The highest BCUT2D eigenvalue weighted by molar-refractivity contribution is 6.00. The van der Waals surface area contributed by atoms with Crippen molar-refractivity contribution in [2.45, 2.75) is 19.5 Å². The van der Waals surface area contributed by atoms with Crippen molar-refractivity contribution in [2.24, 2.45) is 0 Å². The zero-order chi connectivity index (χ0) is 21.4. The van der Waals surface area contributed by atoms with Gasteiger partial charge in [-0.05, 0) is 6.92 Å². The Balaban J connectivity index is 1.65. The number of carbonyl (C=O) groups excluding carboxylic acids is 1. The number of rotatable bonds is 5. The average Bonchev–Trinajstić information content (AvgIpc) is 3.34. The Morgan fingerprint density at radius 2 is 2.03 bits per heavy atom. The van der Waals surface area contributed by atoms with Crippen molar-refractivity contribution in [2.75, 3.05) is 17.7 Å². The summed E-state index contributed by atoms with van der Waals surface area (Å²) in [4.78, 5) is 20.3. The number of nitrogens with one attached hydrogen (secondary N) is 2. The van der Waals surface area contributed by atoms with Gasteiger partial charge in [0, 0.05) is 19.2 Å². The van der Waals surface area contributed by atoms with Crippen molar-refractivity contribution in [3.8, 4) is 0 Å². The number of alkyl halides is 2. The molecule has 4 aromatic rings. The molecule has 0 aliphatic heterocycles. The quantitative estimate of drug-likeness (QED) is 0.513. The number of methoxy groups -OCH3 is 1. The second-order valence-corrected chi connectivity index (χ2v) is 6.26. The second-order valence-electron chi connectivity index (χ2n) is 6.26. The summed E-state index contributed by atoms with van der Waals surface area (Å²) in [7, 11) is 1.43. The molecule has 0 radical (unpaired) electrons. The maximum Gasteiger partial charge on any atom is 0.323 e. The SMILES string of the molecule is CO[C@@H](C)c1c(NC(=O)Nc2cc(F)c3ncnn3c2)cnc2cc(C(F)F)nn12. The Morgan fingerprint density at radius 3 is 2.77 bits per heavy atom. The molecule has 13 heteroatoms. The van der Waals surface area contributed by atoms with Crippen molar-refractivity contribution in [3.05, 3.63) is 48.1 Å². The van der Waals surface area contributed by atoms with Crippen LogP contribution < -0.4 is 10.6 Å². The zero-order valence-corrected chi connectivity index (χ0v) is 15.7. The molecule has 0 aromatic carbocycles. The molecule has 0 unspecified atom stereocenters. The van der Waals surface area contributed by atoms with Gasteiger partial charge in [0.15, 0.2) is 17.1 Å². The standard InChI is InChI=1S/C17H15F3N8O2/c1-8(30-2)14-12(5-21-13-4-11(15(19)20)26-28(13)14)25-17(29)24-9-3-10(18)16-22-7-23-27(16)6-9/h3-8,15H,1-2H3,(H2,24,25,29)/t8-/m0/s1. The highest BCUT2D eigenvalue weighted by atomic mass is 19.3. The third-order valence-electron chi connectivity index (χ3n) is 4.34. The van der Waals surface area contributed by atoms with Gasteiger partial charge < -0.3 is 15.4 Å². The molecule has 1 atom stereocenters. The van der Waals surface area contributed by atoms with Crippen molar-refractivity contribution >= 4 is 28.7 Å². The molecule has 0 saturated carbocycles. The lowest BCUT2D eigenvalue weighted by molar-refractivity contribution is 0.114. The third kappa shape index (κ3) is 3.50. The van der Waals surface area contributed by atoms with Gasteiger partial charge in [0.2, 0.25) is 0 Å². The number of halogens is 3. The number of carbonyl (C=O) groups is 1. The van der Waals surface area contributed by atoms with Crippen LogP contribution in [0, 0.1) is 5.82 Å².